The molecule has 0 aromatic carbocycles. The molecular formula is C16H33NO3. The van der Waals surface area contributed by atoms with Crippen LogP contribution in [0.5, 0.6) is 0 Å². The summed E-state index contributed by atoms with van der Waals surface area (Å²) in [6.07, 6.45) is 2.81. The molecule has 0 fully saturated rings. The van der Waals surface area contributed by atoms with Gasteiger partial charge in [-0.25, -0.2) is 0 Å². The maximum Gasteiger partial charge on any atom is 0.220 e. The van der Waals surface area contributed by atoms with Gasteiger partial charge in [-0.05, 0) is 31.1 Å². The lowest BCUT2D eigenvalue weighted by Gasteiger charge is -2.14. The predicted octanol–water partition coefficient (Wildman–Crippen LogP) is 2.93. The second-order valence-corrected chi connectivity index (χ2v) is 6.77. The molecule has 2 N–H and O–H groups in total. The van der Waals surface area contributed by atoms with E-state index in [1.54, 1.807) is 0 Å². The van der Waals surface area contributed by atoms with Crippen molar-refractivity contribution in [2.24, 2.45) is 11.3 Å². The highest BCUT2D eigenvalue weighted by atomic mass is 16.3. The Labute approximate surface area is 124 Å². The van der Waals surface area contributed by atoms with Crippen molar-refractivity contribution in [2.45, 2.75) is 67.2 Å². The van der Waals surface area contributed by atoms with Gasteiger partial charge in [0, 0.05) is 26.0 Å². The topological polar surface area (TPSA) is 66.4 Å². The first-order valence-corrected chi connectivity index (χ1v) is 7.45. The van der Waals surface area contributed by atoms with Gasteiger partial charge >= 0.3 is 0 Å². The van der Waals surface area contributed by atoms with Crippen LogP contribution in [0.3, 0.4) is 0 Å². The zero-order valence-electron chi connectivity index (χ0n) is 14.1. The highest BCUT2D eigenvalue weighted by Crippen LogP contribution is 2.16. The predicted molar refractivity (Wildman–Crippen MR) is 83.5 cm³/mol. The van der Waals surface area contributed by atoms with Crippen molar-refractivity contribution in [3.05, 3.63) is 0 Å². The van der Waals surface area contributed by atoms with Crippen molar-refractivity contribution in [3.63, 3.8) is 0 Å². The van der Waals surface area contributed by atoms with Crippen LogP contribution in [-0.2, 0) is 9.59 Å². The summed E-state index contributed by atoms with van der Waals surface area (Å²) in [5.74, 6) is 0.720. The molecule has 4 nitrogen and oxygen atoms in total. The first kappa shape index (κ1) is 21.4. The molecule has 0 aromatic heterocycles. The number of nitrogens with one attached hydrogen (secondary N) is 1. The third kappa shape index (κ3) is 22.3. The zero-order chi connectivity index (χ0) is 16.2. The van der Waals surface area contributed by atoms with E-state index in [1.807, 2.05) is 0 Å². The van der Waals surface area contributed by atoms with Crippen LogP contribution in [0.4, 0.5) is 0 Å². The molecule has 0 saturated heterocycles. The molecule has 0 bridgehead atoms. The van der Waals surface area contributed by atoms with Crippen LogP contribution in [-0.4, -0.2) is 29.9 Å². The van der Waals surface area contributed by atoms with Gasteiger partial charge in [0.1, 0.15) is 5.78 Å². The number of amides is 1. The molecule has 0 aliphatic rings. The fourth-order valence-electron chi connectivity index (χ4n) is 1.22. The first-order chi connectivity index (χ1) is 9.08. The van der Waals surface area contributed by atoms with Gasteiger partial charge in [0.2, 0.25) is 5.91 Å². The highest BCUT2D eigenvalue weighted by molar-refractivity contribution is 5.78. The van der Waals surface area contributed by atoms with E-state index in [1.165, 1.54) is 6.92 Å². The summed E-state index contributed by atoms with van der Waals surface area (Å²) in [5, 5.41) is 11.1. The van der Waals surface area contributed by atoms with Crippen molar-refractivity contribution < 1.29 is 14.7 Å². The van der Waals surface area contributed by atoms with Crippen LogP contribution in [0.15, 0.2) is 0 Å². The average molecular weight is 287 g/mol. The fraction of sp³-hybridized carbons (Fsp3) is 0.875. The number of carbonyl (C=O) groups is 2. The highest BCUT2D eigenvalue weighted by Gasteiger charge is 2.07. The number of Topliss-reactive ketones (excluding diaryl/α,β-unsaturated/α-hetero) is 1. The molecule has 0 aromatic rings. The standard InChI is InChI=1S/C10H19NO2.C6H14O/c1-8(2)4-5-10(13)11-7-6-9(3)12;1-6(2,3)4-5-7/h8H,4-7H2,1-3H3,(H,11,13);7H,4-5H2,1-3H3. The summed E-state index contributed by atoms with van der Waals surface area (Å²) in [5.41, 5.74) is 0.300. The van der Waals surface area contributed by atoms with Crippen LogP contribution in [0, 0.1) is 11.3 Å². The van der Waals surface area contributed by atoms with E-state index < -0.39 is 0 Å². The van der Waals surface area contributed by atoms with E-state index in [9.17, 15) is 9.59 Å². The van der Waals surface area contributed by atoms with Gasteiger partial charge in [-0.2, -0.15) is 0 Å². The van der Waals surface area contributed by atoms with E-state index in [4.69, 9.17) is 5.11 Å². The molecule has 0 heterocycles. The molecule has 0 aliphatic heterocycles. The SMILES string of the molecule is CC(=O)CCNC(=O)CCC(C)C.CC(C)(C)CCO. The van der Waals surface area contributed by atoms with Crippen molar-refractivity contribution >= 4 is 11.7 Å². The van der Waals surface area contributed by atoms with Gasteiger partial charge < -0.3 is 10.4 Å². The monoisotopic (exact) mass is 287 g/mol. The van der Waals surface area contributed by atoms with Crippen LogP contribution in [0.25, 0.3) is 0 Å². The summed E-state index contributed by atoms with van der Waals surface area (Å²) in [6.45, 7) is 12.8. The minimum absolute atomic E-state index is 0.0509. The molecule has 0 radical (unpaired) electrons. The molecule has 0 spiro atoms. The van der Waals surface area contributed by atoms with E-state index in [2.05, 4.69) is 39.9 Å². The maximum atomic E-state index is 11.1. The third-order valence-electron chi connectivity index (χ3n) is 2.61. The molecular weight excluding hydrogens is 254 g/mol. The normalized spacial score (nSPS) is 10.8. The smallest absolute Gasteiger partial charge is 0.220 e. The van der Waals surface area contributed by atoms with Crippen molar-refractivity contribution in [1.29, 1.82) is 0 Å². The number of ketones is 1. The molecule has 0 aliphatic carbocycles. The van der Waals surface area contributed by atoms with Crippen molar-refractivity contribution in [1.82, 2.24) is 5.32 Å². The Morgan fingerprint density at radius 1 is 1.15 bits per heavy atom. The van der Waals surface area contributed by atoms with Crippen LogP contribution in [0.2, 0.25) is 0 Å². The quantitative estimate of drug-likeness (QED) is 0.756. The van der Waals surface area contributed by atoms with Crippen LogP contribution < -0.4 is 5.32 Å². The minimum atomic E-state index is 0.0509. The zero-order valence-corrected chi connectivity index (χ0v) is 14.1. The summed E-state index contributed by atoms with van der Waals surface area (Å²) in [6, 6.07) is 0. The van der Waals surface area contributed by atoms with Gasteiger partial charge in [-0.1, -0.05) is 34.6 Å². The average Bonchev–Trinajstić information content (AvgIpc) is 2.25. The summed E-state index contributed by atoms with van der Waals surface area (Å²) >= 11 is 0. The lowest BCUT2D eigenvalue weighted by molar-refractivity contribution is -0.121. The second-order valence-electron chi connectivity index (χ2n) is 6.77. The first-order valence-electron chi connectivity index (χ1n) is 7.45. The molecule has 120 valence electrons. The van der Waals surface area contributed by atoms with Gasteiger partial charge in [-0.15, -0.1) is 0 Å². The van der Waals surface area contributed by atoms with Gasteiger partial charge in [0.15, 0.2) is 0 Å². The third-order valence-corrected chi connectivity index (χ3v) is 2.61. The van der Waals surface area contributed by atoms with Crippen molar-refractivity contribution in [2.75, 3.05) is 13.2 Å². The summed E-state index contributed by atoms with van der Waals surface area (Å²) < 4.78 is 0. The van der Waals surface area contributed by atoms with E-state index >= 15 is 0 Å². The number of carbonyl (C=O) groups excluding carboxylic acids is 2. The lowest BCUT2D eigenvalue weighted by Crippen LogP contribution is -2.25. The molecule has 0 saturated carbocycles. The molecule has 0 unspecified atom stereocenters. The maximum absolute atomic E-state index is 11.1. The molecule has 0 rings (SSSR count). The fourth-order valence-corrected chi connectivity index (χ4v) is 1.22. The Hall–Kier alpha value is -0.900. The second kappa shape index (κ2) is 11.9. The van der Waals surface area contributed by atoms with E-state index in [-0.39, 0.29) is 11.7 Å². The van der Waals surface area contributed by atoms with Gasteiger partial charge in [-0.3, -0.25) is 9.59 Å². The number of aliphatic hydroxyl groups is 1. The molecule has 20 heavy (non-hydrogen) atoms. The Bertz CT molecular complexity index is 267. The number of hydrogen-bond acceptors (Lipinski definition) is 3. The Kier molecular flexibility index (Phi) is 12.7. The summed E-state index contributed by atoms with van der Waals surface area (Å²) in [4.78, 5) is 21.6. The number of hydrogen-bond donors (Lipinski definition) is 2. The van der Waals surface area contributed by atoms with Crippen molar-refractivity contribution in [3.8, 4) is 0 Å². The molecule has 0 atom stereocenters. The number of aliphatic hydroxyl groups excluding tert-OH is 1. The summed E-state index contributed by atoms with van der Waals surface area (Å²) in [7, 11) is 0. The largest absolute Gasteiger partial charge is 0.396 e. The van der Waals surface area contributed by atoms with Gasteiger partial charge in [0.25, 0.3) is 0 Å². The number of rotatable bonds is 7. The van der Waals surface area contributed by atoms with E-state index in [0.717, 1.165) is 12.8 Å². The van der Waals surface area contributed by atoms with Crippen LogP contribution in [0.1, 0.15) is 67.2 Å². The Morgan fingerprint density at radius 3 is 2.00 bits per heavy atom. The molecule has 4 heteroatoms. The van der Waals surface area contributed by atoms with Crippen LogP contribution >= 0.6 is 0 Å². The van der Waals surface area contributed by atoms with Gasteiger partial charge in [0.05, 0.1) is 0 Å². The van der Waals surface area contributed by atoms with E-state index in [0.29, 0.717) is 37.3 Å². The lowest BCUT2D eigenvalue weighted by atomic mass is 9.93. The Morgan fingerprint density at radius 2 is 1.70 bits per heavy atom. The minimum Gasteiger partial charge on any atom is -0.396 e. The Balaban J connectivity index is 0. The molecule has 1 amide bonds.